The van der Waals surface area contributed by atoms with E-state index in [1.807, 2.05) is 43.3 Å². The number of nitrogens with zero attached hydrogens (tertiary/aromatic N) is 1. The van der Waals surface area contributed by atoms with Gasteiger partial charge in [0.1, 0.15) is 0 Å². The number of hydrogen-bond donors (Lipinski definition) is 2. The molecule has 1 heterocycles. The summed E-state index contributed by atoms with van der Waals surface area (Å²) < 4.78 is 6.45. The molecule has 4 rings (SSSR count). The maximum absolute atomic E-state index is 12.8. The first kappa shape index (κ1) is 27.8. The molecule has 0 fully saturated rings. The number of fused-ring (bicyclic) bond motifs is 1. The molecule has 0 aliphatic carbocycles. The summed E-state index contributed by atoms with van der Waals surface area (Å²) in [7, 11) is 1.32. The minimum absolute atomic E-state index is 0.235. The lowest BCUT2D eigenvalue weighted by atomic mass is 10.0. The highest BCUT2D eigenvalue weighted by Crippen LogP contribution is 2.22. The lowest BCUT2D eigenvalue weighted by molar-refractivity contribution is 0.0377. The molecule has 4 aromatic rings. The van der Waals surface area contributed by atoms with Gasteiger partial charge >= 0.3 is 5.97 Å². The van der Waals surface area contributed by atoms with Crippen LogP contribution < -0.4 is 21.4 Å². The summed E-state index contributed by atoms with van der Waals surface area (Å²) in [6.45, 7) is 7.89. The maximum atomic E-state index is 12.8. The molecule has 1 amide bonds. The second-order valence-corrected chi connectivity index (χ2v) is 9.56. The van der Waals surface area contributed by atoms with Crippen LogP contribution >= 0.6 is 15.9 Å². The van der Waals surface area contributed by atoms with Gasteiger partial charge in [0.05, 0.1) is 35.8 Å². The van der Waals surface area contributed by atoms with Crippen LogP contribution in [0.3, 0.4) is 0 Å². The SMILES string of the molecule is C=c1/c(=C(\Nc2ccc(C(=O)NOCCBr)cc2)c2ccccc2)c2cc(C)c(C(=O)OC)cc2n1C(C)=O. The first-order valence-corrected chi connectivity index (χ1v) is 13.3. The zero-order chi connectivity index (χ0) is 28.1. The number of hydrogen-bond acceptors (Lipinski definition) is 6. The van der Waals surface area contributed by atoms with Gasteiger partial charge in [0.2, 0.25) is 5.91 Å². The topological polar surface area (TPSA) is 98.7 Å². The number of amides is 1. The van der Waals surface area contributed by atoms with Gasteiger partial charge in [-0.2, -0.15) is 0 Å². The highest BCUT2D eigenvalue weighted by Gasteiger charge is 2.19. The summed E-state index contributed by atoms with van der Waals surface area (Å²) in [5.41, 5.74) is 6.78. The van der Waals surface area contributed by atoms with E-state index in [-0.39, 0.29) is 11.8 Å². The van der Waals surface area contributed by atoms with Crippen LogP contribution in [-0.2, 0) is 9.57 Å². The molecule has 0 saturated heterocycles. The quantitative estimate of drug-likeness (QED) is 0.139. The smallest absolute Gasteiger partial charge is 0.338 e. The van der Waals surface area contributed by atoms with Crippen molar-refractivity contribution >= 4 is 62.6 Å². The van der Waals surface area contributed by atoms with Crippen LogP contribution in [0.5, 0.6) is 0 Å². The van der Waals surface area contributed by atoms with Crippen molar-refractivity contribution in [2.75, 3.05) is 24.4 Å². The monoisotopic (exact) mass is 589 g/mol. The van der Waals surface area contributed by atoms with Gasteiger partial charge < -0.3 is 10.1 Å². The van der Waals surface area contributed by atoms with Crippen LogP contribution in [0.2, 0.25) is 0 Å². The van der Waals surface area contributed by atoms with E-state index in [1.54, 1.807) is 30.3 Å². The van der Waals surface area contributed by atoms with Crippen LogP contribution in [-0.4, -0.2) is 41.4 Å². The van der Waals surface area contributed by atoms with Crippen molar-refractivity contribution in [2.45, 2.75) is 13.8 Å². The molecular formula is C30H28BrN3O5. The van der Waals surface area contributed by atoms with Gasteiger partial charge in [0, 0.05) is 34.1 Å². The number of ether oxygens (including phenoxy) is 1. The van der Waals surface area contributed by atoms with Gasteiger partial charge in [0.25, 0.3) is 5.91 Å². The normalized spacial score (nSPS) is 11.7. The van der Waals surface area contributed by atoms with E-state index in [2.05, 4.69) is 33.3 Å². The predicted octanol–water partition coefficient (Wildman–Crippen LogP) is 4.13. The average molecular weight is 590 g/mol. The highest BCUT2D eigenvalue weighted by molar-refractivity contribution is 9.09. The number of aryl methyl sites for hydroxylation is 1. The number of carbonyl (C=O) groups excluding carboxylic acids is 3. The van der Waals surface area contributed by atoms with Crippen LogP contribution in [0.25, 0.3) is 23.2 Å². The third-order valence-corrected chi connectivity index (χ3v) is 6.53. The van der Waals surface area contributed by atoms with E-state index >= 15 is 0 Å². The number of alkyl halides is 1. The first-order chi connectivity index (χ1) is 18.8. The van der Waals surface area contributed by atoms with Crippen LogP contribution in [0.15, 0.2) is 66.7 Å². The standard InChI is InChI=1S/C30H28BrN3O5/c1-18-16-25-26(17-24(18)30(37)38-4)34(20(3)35)19(2)27(25)28(21-8-6-5-7-9-21)32-23-12-10-22(11-13-23)29(36)33-39-15-14-31/h5-13,16-17,32H,2,14-15H2,1,3-4H3,(H,33,36)/b28-27+. The molecule has 9 heteroatoms. The number of anilines is 1. The minimum atomic E-state index is -0.482. The number of hydroxylamine groups is 1. The second kappa shape index (κ2) is 12.1. The van der Waals surface area contributed by atoms with Gasteiger partial charge in [-0.15, -0.1) is 0 Å². The summed E-state index contributed by atoms with van der Waals surface area (Å²) in [4.78, 5) is 42.6. The molecule has 39 heavy (non-hydrogen) atoms. The number of rotatable bonds is 8. The van der Waals surface area contributed by atoms with Crippen LogP contribution in [0.4, 0.5) is 5.69 Å². The first-order valence-electron chi connectivity index (χ1n) is 12.1. The van der Waals surface area contributed by atoms with Crippen LogP contribution in [0.1, 0.15) is 43.6 Å². The number of aromatic nitrogens is 1. The van der Waals surface area contributed by atoms with E-state index in [0.29, 0.717) is 45.2 Å². The van der Waals surface area contributed by atoms with Gasteiger partial charge in [-0.25, -0.2) is 10.3 Å². The Morgan fingerprint density at radius 1 is 1.00 bits per heavy atom. The molecule has 0 spiro atoms. The Morgan fingerprint density at radius 3 is 2.31 bits per heavy atom. The van der Waals surface area contributed by atoms with Gasteiger partial charge in [-0.05, 0) is 54.4 Å². The van der Waals surface area contributed by atoms with Gasteiger partial charge in [-0.1, -0.05) is 52.8 Å². The summed E-state index contributed by atoms with van der Waals surface area (Å²) in [6.07, 6.45) is 0. The fraction of sp³-hybridized carbons (Fsp3) is 0.167. The number of methoxy groups -OCH3 is 1. The summed E-state index contributed by atoms with van der Waals surface area (Å²) in [5, 5.41) is 6.03. The van der Waals surface area contributed by atoms with Crippen molar-refractivity contribution in [1.82, 2.24) is 10.0 Å². The Labute approximate surface area is 234 Å². The van der Waals surface area contributed by atoms with Crippen molar-refractivity contribution in [3.05, 3.63) is 99.6 Å². The fourth-order valence-electron chi connectivity index (χ4n) is 4.41. The molecule has 0 aliphatic heterocycles. The Morgan fingerprint density at radius 2 is 1.69 bits per heavy atom. The van der Waals surface area contributed by atoms with Crippen molar-refractivity contribution in [3.8, 4) is 0 Å². The molecule has 0 unspecified atom stereocenters. The Bertz CT molecular complexity index is 1660. The van der Waals surface area contributed by atoms with Crippen molar-refractivity contribution in [3.63, 3.8) is 0 Å². The van der Waals surface area contributed by atoms with E-state index in [0.717, 1.165) is 21.9 Å². The highest BCUT2D eigenvalue weighted by atomic mass is 79.9. The average Bonchev–Trinajstić information content (AvgIpc) is 3.22. The molecule has 0 saturated carbocycles. The third-order valence-electron chi connectivity index (χ3n) is 6.20. The minimum Gasteiger partial charge on any atom is -0.465 e. The summed E-state index contributed by atoms with van der Waals surface area (Å²) in [6, 6.07) is 20.2. The molecule has 2 N–H and O–H groups in total. The fourth-order valence-corrected chi connectivity index (χ4v) is 4.57. The molecule has 200 valence electrons. The van der Waals surface area contributed by atoms with Gasteiger partial charge in [-0.3, -0.25) is 19.0 Å². The number of carbonyl (C=O) groups is 3. The Balaban J connectivity index is 1.92. The van der Waals surface area contributed by atoms with E-state index in [1.165, 1.54) is 18.6 Å². The zero-order valence-corrected chi connectivity index (χ0v) is 23.4. The molecular weight excluding hydrogens is 562 g/mol. The summed E-state index contributed by atoms with van der Waals surface area (Å²) in [5.74, 6) is -1.07. The third kappa shape index (κ3) is 5.79. The molecule has 1 aromatic heterocycles. The number of halogens is 1. The van der Waals surface area contributed by atoms with Crippen molar-refractivity contribution < 1.29 is 24.0 Å². The molecule has 0 aliphatic rings. The zero-order valence-electron chi connectivity index (χ0n) is 21.8. The van der Waals surface area contributed by atoms with Crippen molar-refractivity contribution in [1.29, 1.82) is 0 Å². The van der Waals surface area contributed by atoms with Crippen LogP contribution in [0, 0.1) is 6.92 Å². The molecule has 0 radical (unpaired) electrons. The second-order valence-electron chi connectivity index (χ2n) is 8.76. The largest absolute Gasteiger partial charge is 0.465 e. The van der Waals surface area contributed by atoms with Gasteiger partial charge in [0.15, 0.2) is 0 Å². The Kier molecular flexibility index (Phi) is 8.63. The van der Waals surface area contributed by atoms with E-state index in [9.17, 15) is 14.4 Å². The molecule has 8 nitrogen and oxygen atoms in total. The van der Waals surface area contributed by atoms with E-state index in [4.69, 9.17) is 9.57 Å². The lowest BCUT2D eigenvalue weighted by Crippen LogP contribution is -2.33. The predicted molar refractivity (Wildman–Crippen MR) is 155 cm³/mol. The lowest BCUT2D eigenvalue weighted by Gasteiger charge is -2.13. The molecule has 0 bridgehead atoms. The maximum Gasteiger partial charge on any atom is 0.338 e. The molecule has 3 aromatic carbocycles. The van der Waals surface area contributed by atoms with Crippen molar-refractivity contribution in [2.24, 2.45) is 0 Å². The Hall–Kier alpha value is -4.21. The number of esters is 1. The van der Waals surface area contributed by atoms with E-state index < -0.39 is 5.97 Å². The summed E-state index contributed by atoms with van der Waals surface area (Å²) >= 11 is 3.24. The molecule has 0 atom stereocenters. The number of nitrogens with one attached hydrogen (secondary N) is 2. The number of benzene rings is 3.